The lowest BCUT2D eigenvalue weighted by molar-refractivity contribution is 0.310. The third-order valence-corrected chi connectivity index (χ3v) is 2.27. The topological polar surface area (TPSA) is 58.6 Å². The first kappa shape index (κ1) is 11.0. The molecule has 0 saturated carbocycles. The molecule has 0 bridgehead atoms. The Labute approximate surface area is 85.1 Å². The zero-order chi connectivity index (χ0) is 10.6. The molecule has 1 rings (SSSR count). The van der Waals surface area contributed by atoms with Gasteiger partial charge in [-0.05, 0) is 36.2 Å². The van der Waals surface area contributed by atoms with Crippen molar-refractivity contribution in [3.8, 4) is 11.5 Å². The molecule has 0 fully saturated rings. The summed E-state index contributed by atoms with van der Waals surface area (Å²) in [6, 6.07) is 4.47. The van der Waals surface area contributed by atoms with Crippen LogP contribution in [0.4, 0.5) is 0 Å². The summed E-state index contributed by atoms with van der Waals surface area (Å²) < 4.78 is 31.5. The number of ether oxygens (including phenoxy) is 2. The van der Waals surface area contributed by atoms with E-state index in [0.29, 0.717) is 18.1 Å². The van der Waals surface area contributed by atoms with Gasteiger partial charge in [0.05, 0.1) is 13.7 Å². The zero-order valence-corrected chi connectivity index (χ0v) is 8.80. The second-order valence-electron chi connectivity index (χ2n) is 2.48. The molecule has 0 aliphatic rings. The molecule has 0 N–H and O–H groups in total. The molecule has 14 heavy (non-hydrogen) atoms. The SMILES string of the molecule is CCOc1ccc(S(=O)[O-])cc1OC. The van der Waals surface area contributed by atoms with E-state index in [1.54, 1.807) is 6.07 Å². The van der Waals surface area contributed by atoms with Crippen LogP contribution in [0.5, 0.6) is 11.5 Å². The molecule has 0 radical (unpaired) electrons. The highest BCUT2D eigenvalue weighted by molar-refractivity contribution is 7.79. The van der Waals surface area contributed by atoms with Gasteiger partial charge in [-0.3, -0.25) is 4.21 Å². The van der Waals surface area contributed by atoms with Crippen LogP contribution in [0.1, 0.15) is 6.92 Å². The second-order valence-corrected chi connectivity index (χ2v) is 3.42. The summed E-state index contributed by atoms with van der Waals surface area (Å²) in [5, 5.41) is 0. The van der Waals surface area contributed by atoms with Gasteiger partial charge < -0.3 is 14.0 Å². The van der Waals surface area contributed by atoms with Crippen LogP contribution in [0.3, 0.4) is 0 Å². The minimum atomic E-state index is -2.24. The first-order valence-electron chi connectivity index (χ1n) is 4.09. The summed E-state index contributed by atoms with van der Waals surface area (Å²) in [6.45, 7) is 2.36. The standard InChI is InChI=1S/C9H12O4S/c1-3-13-8-5-4-7(14(10)11)6-9(8)12-2/h4-6H,3H2,1-2H3,(H,10,11)/p-1. The van der Waals surface area contributed by atoms with Gasteiger partial charge in [-0.1, -0.05) is 0 Å². The summed E-state index contributed by atoms with van der Waals surface area (Å²) in [4.78, 5) is 0.185. The van der Waals surface area contributed by atoms with Crippen LogP contribution in [0.2, 0.25) is 0 Å². The van der Waals surface area contributed by atoms with Crippen molar-refractivity contribution >= 4 is 11.1 Å². The molecule has 4 nitrogen and oxygen atoms in total. The lowest BCUT2D eigenvalue weighted by Crippen LogP contribution is -1.97. The molecule has 78 valence electrons. The molecule has 0 heterocycles. The average Bonchev–Trinajstić information content (AvgIpc) is 2.18. The van der Waals surface area contributed by atoms with E-state index in [0.717, 1.165) is 0 Å². The third-order valence-electron chi connectivity index (χ3n) is 1.63. The molecule has 1 aromatic rings. The Kier molecular flexibility index (Phi) is 3.91. The van der Waals surface area contributed by atoms with Crippen molar-refractivity contribution < 1.29 is 18.2 Å². The number of rotatable bonds is 4. The van der Waals surface area contributed by atoms with Crippen molar-refractivity contribution in [2.75, 3.05) is 13.7 Å². The quantitative estimate of drug-likeness (QED) is 0.711. The maximum absolute atomic E-state index is 10.6. The number of hydrogen-bond donors (Lipinski definition) is 0. The Hall–Kier alpha value is -1.07. The highest BCUT2D eigenvalue weighted by Gasteiger charge is 2.04. The zero-order valence-electron chi connectivity index (χ0n) is 7.98. The highest BCUT2D eigenvalue weighted by Crippen LogP contribution is 2.28. The van der Waals surface area contributed by atoms with E-state index in [-0.39, 0.29) is 4.90 Å². The molecule has 0 aliphatic heterocycles. The van der Waals surface area contributed by atoms with Gasteiger partial charge in [-0.25, -0.2) is 0 Å². The Morgan fingerprint density at radius 1 is 1.43 bits per heavy atom. The molecule has 0 spiro atoms. The lowest BCUT2D eigenvalue weighted by Gasteiger charge is -2.11. The summed E-state index contributed by atoms with van der Waals surface area (Å²) in [7, 11) is 1.47. The van der Waals surface area contributed by atoms with Crippen LogP contribution in [-0.2, 0) is 11.1 Å². The van der Waals surface area contributed by atoms with Gasteiger partial charge in [-0.15, -0.1) is 0 Å². The molecule has 0 saturated heterocycles. The first-order chi connectivity index (χ1) is 6.69. The molecule has 0 aliphatic carbocycles. The number of methoxy groups -OCH3 is 1. The van der Waals surface area contributed by atoms with E-state index in [1.165, 1.54) is 19.2 Å². The van der Waals surface area contributed by atoms with Crippen LogP contribution in [-0.4, -0.2) is 22.5 Å². The summed E-state index contributed by atoms with van der Waals surface area (Å²) in [5.41, 5.74) is 0. The lowest BCUT2D eigenvalue weighted by atomic mass is 10.3. The van der Waals surface area contributed by atoms with Crippen LogP contribution in [0.25, 0.3) is 0 Å². The average molecular weight is 215 g/mol. The Morgan fingerprint density at radius 3 is 2.64 bits per heavy atom. The largest absolute Gasteiger partial charge is 0.768 e. The van der Waals surface area contributed by atoms with Crippen molar-refractivity contribution in [2.45, 2.75) is 11.8 Å². The molecule has 1 aromatic carbocycles. The number of benzene rings is 1. The number of hydrogen-bond acceptors (Lipinski definition) is 4. The normalized spacial score (nSPS) is 12.2. The van der Waals surface area contributed by atoms with Gasteiger partial charge in [0, 0.05) is 4.90 Å². The molecular weight excluding hydrogens is 204 g/mol. The molecule has 5 heteroatoms. The van der Waals surface area contributed by atoms with Crippen molar-refractivity contribution in [2.24, 2.45) is 0 Å². The summed E-state index contributed by atoms with van der Waals surface area (Å²) >= 11 is -2.24. The highest BCUT2D eigenvalue weighted by atomic mass is 32.2. The first-order valence-corrected chi connectivity index (χ1v) is 5.16. The molecular formula is C9H11O4S-. The van der Waals surface area contributed by atoms with E-state index in [9.17, 15) is 8.76 Å². The predicted molar refractivity (Wildman–Crippen MR) is 51.3 cm³/mol. The molecule has 0 aromatic heterocycles. The van der Waals surface area contributed by atoms with Gasteiger partial charge >= 0.3 is 0 Å². The van der Waals surface area contributed by atoms with Crippen LogP contribution in [0, 0.1) is 0 Å². The van der Waals surface area contributed by atoms with Crippen molar-refractivity contribution in [3.63, 3.8) is 0 Å². The fourth-order valence-corrected chi connectivity index (χ4v) is 1.41. The van der Waals surface area contributed by atoms with Crippen LogP contribution < -0.4 is 9.47 Å². The molecule has 1 atom stereocenters. The van der Waals surface area contributed by atoms with E-state index in [4.69, 9.17) is 9.47 Å². The fraction of sp³-hybridized carbons (Fsp3) is 0.333. The Balaban J connectivity index is 3.04. The Morgan fingerprint density at radius 2 is 2.14 bits per heavy atom. The predicted octanol–water partition coefficient (Wildman–Crippen LogP) is 1.33. The summed E-state index contributed by atoms with van der Waals surface area (Å²) in [5.74, 6) is 0.970. The van der Waals surface area contributed by atoms with E-state index in [2.05, 4.69) is 0 Å². The smallest absolute Gasteiger partial charge is 0.161 e. The third kappa shape index (κ3) is 2.46. The maximum Gasteiger partial charge on any atom is 0.161 e. The van der Waals surface area contributed by atoms with E-state index in [1.807, 2.05) is 6.92 Å². The Bertz CT molecular complexity index is 338. The minimum absolute atomic E-state index is 0.185. The van der Waals surface area contributed by atoms with Crippen molar-refractivity contribution in [3.05, 3.63) is 18.2 Å². The van der Waals surface area contributed by atoms with Crippen LogP contribution in [0.15, 0.2) is 23.1 Å². The van der Waals surface area contributed by atoms with Gasteiger partial charge in [0.25, 0.3) is 0 Å². The molecule has 1 unspecified atom stereocenters. The van der Waals surface area contributed by atoms with Gasteiger partial charge in [0.2, 0.25) is 0 Å². The maximum atomic E-state index is 10.6. The van der Waals surface area contributed by atoms with E-state index >= 15 is 0 Å². The van der Waals surface area contributed by atoms with Crippen molar-refractivity contribution in [1.29, 1.82) is 0 Å². The van der Waals surface area contributed by atoms with Crippen LogP contribution >= 0.6 is 0 Å². The van der Waals surface area contributed by atoms with Gasteiger partial charge in [0.1, 0.15) is 0 Å². The monoisotopic (exact) mass is 215 g/mol. The van der Waals surface area contributed by atoms with Crippen molar-refractivity contribution in [1.82, 2.24) is 0 Å². The molecule has 0 amide bonds. The second kappa shape index (κ2) is 4.97. The van der Waals surface area contributed by atoms with Gasteiger partial charge in [0.15, 0.2) is 11.5 Å². The summed E-state index contributed by atoms with van der Waals surface area (Å²) in [6.07, 6.45) is 0. The van der Waals surface area contributed by atoms with Gasteiger partial charge in [-0.2, -0.15) is 0 Å². The fourth-order valence-electron chi connectivity index (χ4n) is 1.03. The van der Waals surface area contributed by atoms with E-state index < -0.39 is 11.1 Å². The minimum Gasteiger partial charge on any atom is -0.768 e.